The van der Waals surface area contributed by atoms with E-state index in [0.717, 1.165) is 12.5 Å². The number of carbonyl (C=O) groups is 1. The zero-order valence-electron chi connectivity index (χ0n) is 12.6. The Morgan fingerprint density at radius 3 is 2.67 bits per heavy atom. The summed E-state index contributed by atoms with van der Waals surface area (Å²) in [5, 5.41) is 3.78. The Morgan fingerprint density at radius 1 is 1.38 bits per heavy atom. The van der Waals surface area contributed by atoms with E-state index >= 15 is 0 Å². The van der Waals surface area contributed by atoms with Gasteiger partial charge in [0.05, 0.1) is 23.4 Å². The van der Waals surface area contributed by atoms with Crippen LogP contribution in [-0.4, -0.2) is 19.6 Å². The molecule has 0 spiro atoms. The molecule has 2 rings (SSSR count). The molecule has 3 N–H and O–H groups in total. The van der Waals surface area contributed by atoms with Crippen LogP contribution < -0.4 is 11.1 Å². The van der Waals surface area contributed by atoms with Crippen LogP contribution in [0.3, 0.4) is 0 Å². The Balaban J connectivity index is 2.10. The summed E-state index contributed by atoms with van der Waals surface area (Å²) in [4.78, 5) is 11.9. The fourth-order valence-electron chi connectivity index (χ4n) is 2.86. The number of methoxy groups -OCH3 is 1. The predicted molar refractivity (Wildman–Crippen MR) is 86.8 cm³/mol. The second-order valence-corrected chi connectivity index (χ2v) is 6.33. The molecule has 0 aliphatic heterocycles. The van der Waals surface area contributed by atoms with Crippen molar-refractivity contribution in [1.29, 1.82) is 0 Å². The highest BCUT2D eigenvalue weighted by molar-refractivity contribution is 6.34. The molecule has 0 amide bonds. The molecular weight excluding hydrogens is 288 g/mol. The minimum Gasteiger partial charge on any atom is -0.465 e. The molecule has 1 aromatic carbocycles. The summed E-state index contributed by atoms with van der Waals surface area (Å²) in [5.74, 6) is 1.02. The standard InChI is InChI=1S/C16H23ClN2O2/c1-10-3-5-11(6-4-10)9-19-15-13(16(20)21-2)7-12(18)8-14(15)17/h7-8,10-11,19H,3-6,9,18H2,1-2H3. The number of carbonyl (C=O) groups excluding carboxylic acids is 1. The molecule has 0 radical (unpaired) electrons. The second kappa shape index (κ2) is 7.03. The van der Waals surface area contributed by atoms with E-state index in [-0.39, 0.29) is 0 Å². The number of esters is 1. The van der Waals surface area contributed by atoms with Crippen molar-refractivity contribution in [1.82, 2.24) is 0 Å². The van der Waals surface area contributed by atoms with Gasteiger partial charge in [0, 0.05) is 12.2 Å². The van der Waals surface area contributed by atoms with Crippen LogP contribution in [0.5, 0.6) is 0 Å². The van der Waals surface area contributed by atoms with Gasteiger partial charge >= 0.3 is 5.97 Å². The number of anilines is 2. The van der Waals surface area contributed by atoms with E-state index < -0.39 is 5.97 Å². The molecular formula is C16H23ClN2O2. The lowest BCUT2D eigenvalue weighted by Gasteiger charge is -2.27. The molecule has 0 heterocycles. The monoisotopic (exact) mass is 310 g/mol. The van der Waals surface area contributed by atoms with Crippen LogP contribution in [-0.2, 0) is 4.74 Å². The molecule has 0 aromatic heterocycles. The third-order valence-electron chi connectivity index (χ3n) is 4.22. The number of benzene rings is 1. The molecule has 5 heteroatoms. The highest BCUT2D eigenvalue weighted by Crippen LogP contribution is 2.32. The van der Waals surface area contributed by atoms with Crippen LogP contribution in [0.15, 0.2) is 12.1 Å². The molecule has 1 aliphatic carbocycles. The number of halogens is 1. The summed E-state index contributed by atoms with van der Waals surface area (Å²) in [6, 6.07) is 3.25. The quantitative estimate of drug-likeness (QED) is 0.653. The van der Waals surface area contributed by atoms with Crippen molar-refractivity contribution in [3.05, 3.63) is 22.7 Å². The van der Waals surface area contributed by atoms with E-state index in [0.29, 0.717) is 27.9 Å². The SMILES string of the molecule is COC(=O)c1cc(N)cc(Cl)c1NCC1CCC(C)CC1. The predicted octanol–water partition coefficient (Wildman–Crippen LogP) is 3.95. The molecule has 1 fully saturated rings. The zero-order chi connectivity index (χ0) is 15.4. The van der Waals surface area contributed by atoms with E-state index in [1.54, 1.807) is 12.1 Å². The average molecular weight is 311 g/mol. The van der Waals surface area contributed by atoms with E-state index in [4.69, 9.17) is 22.1 Å². The van der Waals surface area contributed by atoms with Gasteiger partial charge in [-0.3, -0.25) is 0 Å². The minimum absolute atomic E-state index is 0.395. The van der Waals surface area contributed by atoms with Gasteiger partial charge < -0.3 is 15.8 Å². The zero-order valence-corrected chi connectivity index (χ0v) is 13.4. The maximum absolute atomic E-state index is 11.9. The van der Waals surface area contributed by atoms with Crippen molar-refractivity contribution in [2.24, 2.45) is 11.8 Å². The van der Waals surface area contributed by atoms with Gasteiger partial charge in [-0.2, -0.15) is 0 Å². The van der Waals surface area contributed by atoms with Crippen LogP contribution in [0, 0.1) is 11.8 Å². The van der Waals surface area contributed by atoms with Crippen LogP contribution in [0.25, 0.3) is 0 Å². The van der Waals surface area contributed by atoms with Crippen LogP contribution in [0.4, 0.5) is 11.4 Å². The molecule has 1 aliphatic rings. The first-order chi connectivity index (χ1) is 10.0. The Bertz CT molecular complexity index is 511. The number of rotatable bonds is 4. The first kappa shape index (κ1) is 16.0. The van der Waals surface area contributed by atoms with Gasteiger partial charge in [0.15, 0.2) is 0 Å². The van der Waals surface area contributed by atoms with E-state index in [2.05, 4.69) is 12.2 Å². The van der Waals surface area contributed by atoms with Gasteiger partial charge in [0.25, 0.3) is 0 Å². The highest BCUT2D eigenvalue weighted by atomic mass is 35.5. The molecule has 0 bridgehead atoms. The molecule has 0 unspecified atom stereocenters. The summed E-state index contributed by atoms with van der Waals surface area (Å²) >= 11 is 6.23. The van der Waals surface area contributed by atoms with Crippen LogP contribution in [0.1, 0.15) is 43.0 Å². The molecule has 116 valence electrons. The third kappa shape index (κ3) is 4.03. The largest absolute Gasteiger partial charge is 0.465 e. The van der Waals surface area contributed by atoms with Crippen LogP contribution in [0.2, 0.25) is 5.02 Å². The Morgan fingerprint density at radius 2 is 2.05 bits per heavy atom. The number of nitrogens with one attached hydrogen (secondary N) is 1. The maximum atomic E-state index is 11.9. The average Bonchev–Trinajstić information content (AvgIpc) is 2.46. The molecule has 21 heavy (non-hydrogen) atoms. The smallest absolute Gasteiger partial charge is 0.340 e. The summed E-state index contributed by atoms with van der Waals surface area (Å²) in [6.45, 7) is 3.12. The number of hydrogen-bond acceptors (Lipinski definition) is 4. The van der Waals surface area contributed by atoms with Crippen molar-refractivity contribution < 1.29 is 9.53 Å². The maximum Gasteiger partial charge on any atom is 0.340 e. The second-order valence-electron chi connectivity index (χ2n) is 5.92. The Hall–Kier alpha value is -1.42. The lowest BCUT2D eigenvalue weighted by molar-refractivity contribution is 0.0602. The van der Waals surface area contributed by atoms with E-state index in [1.807, 2.05) is 0 Å². The molecule has 4 nitrogen and oxygen atoms in total. The van der Waals surface area contributed by atoms with E-state index in [1.165, 1.54) is 32.8 Å². The first-order valence-corrected chi connectivity index (χ1v) is 7.80. The van der Waals surface area contributed by atoms with Gasteiger partial charge in [0.1, 0.15) is 0 Å². The molecule has 0 atom stereocenters. The Kier molecular flexibility index (Phi) is 5.34. The van der Waals surface area contributed by atoms with Crippen molar-refractivity contribution in [2.45, 2.75) is 32.6 Å². The number of hydrogen-bond donors (Lipinski definition) is 2. The Labute approximate surface area is 131 Å². The van der Waals surface area contributed by atoms with Gasteiger partial charge in [-0.15, -0.1) is 0 Å². The highest BCUT2D eigenvalue weighted by Gasteiger charge is 2.20. The molecule has 0 saturated heterocycles. The fourth-order valence-corrected chi connectivity index (χ4v) is 3.15. The van der Waals surface area contributed by atoms with Crippen molar-refractivity contribution >= 4 is 28.9 Å². The lowest BCUT2D eigenvalue weighted by Crippen LogP contribution is -2.21. The topological polar surface area (TPSA) is 64.3 Å². The number of nitrogen functional groups attached to an aromatic ring is 1. The first-order valence-electron chi connectivity index (χ1n) is 7.42. The van der Waals surface area contributed by atoms with Crippen molar-refractivity contribution in [3.8, 4) is 0 Å². The summed E-state index contributed by atoms with van der Waals surface area (Å²) in [5.41, 5.74) is 7.23. The van der Waals surface area contributed by atoms with Gasteiger partial charge in [-0.25, -0.2) is 4.79 Å². The lowest BCUT2D eigenvalue weighted by atomic mass is 9.83. The van der Waals surface area contributed by atoms with Gasteiger partial charge in [-0.1, -0.05) is 31.4 Å². The summed E-state index contributed by atoms with van der Waals surface area (Å²) in [6.07, 6.45) is 4.97. The minimum atomic E-state index is -0.427. The number of nitrogens with two attached hydrogens (primary N) is 1. The van der Waals surface area contributed by atoms with Crippen molar-refractivity contribution in [2.75, 3.05) is 24.7 Å². The van der Waals surface area contributed by atoms with Gasteiger partial charge in [0.2, 0.25) is 0 Å². The van der Waals surface area contributed by atoms with Gasteiger partial charge in [-0.05, 0) is 36.8 Å². The molecule has 1 saturated carbocycles. The van der Waals surface area contributed by atoms with E-state index in [9.17, 15) is 4.79 Å². The fraction of sp³-hybridized carbons (Fsp3) is 0.562. The molecule has 1 aromatic rings. The third-order valence-corrected chi connectivity index (χ3v) is 4.52. The summed E-state index contributed by atoms with van der Waals surface area (Å²) < 4.78 is 4.80. The van der Waals surface area contributed by atoms with Crippen LogP contribution >= 0.6 is 11.6 Å². The van der Waals surface area contributed by atoms with Crippen molar-refractivity contribution in [3.63, 3.8) is 0 Å². The normalized spacial score (nSPS) is 21.9. The summed E-state index contributed by atoms with van der Waals surface area (Å²) in [7, 11) is 1.35. The number of ether oxygens (including phenoxy) is 1.